The third-order valence-electron chi connectivity index (χ3n) is 5.51. The van der Waals surface area contributed by atoms with E-state index in [1.54, 1.807) is 0 Å². The number of benzene rings is 1. The second-order valence-corrected chi connectivity index (χ2v) is 8.47. The van der Waals surface area contributed by atoms with Crippen LogP contribution < -0.4 is 5.32 Å². The Morgan fingerprint density at radius 3 is 2.65 bits per heavy atom. The molecule has 2 fully saturated rings. The molecule has 0 aliphatic carbocycles. The van der Waals surface area contributed by atoms with Gasteiger partial charge in [0.25, 0.3) is 0 Å². The molecule has 0 amide bonds. The van der Waals surface area contributed by atoms with Crippen molar-refractivity contribution in [1.82, 2.24) is 10.2 Å². The fraction of sp³-hybridized carbons (Fsp3) is 0.650. The van der Waals surface area contributed by atoms with E-state index in [4.69, 9.17) is 21.3 Å². The summed E-state index contributed by atoms with van der Waals surface area (Å²) in [7, 11) is 0. The molecule has 2 saturated heterocycles. The fourth-order valence-electron chi connectivity index (χ4n) is 3.78. The maximum absolute atomic E-state index is 6.02. The predicted octanol–water partition coefficient (Wildman–Crippen LogP) is 4.31. The van der Waals surface area contributed by atoms with Gasteiger partial charge in [-0.1, -0.05) is 37.6 Å². The van der Waals surface area contributed by atoms with Crippen molar-refractivity contribution in [2.75, 3.05) is 39.4 Å². The standard InChI is InChI=1S/C20H30ClN3O.HI/c1-4-22-18(24-11-9-20(14-24)10-12-25-15-20)23-13-19(2,3)16-5-7-17(21)8-6-16;/h5-8H,4,9-15H2,1-3H3,(H,22,23);1H. The molecule has 2 aliphatic rings. The maximum atomic E-state index is 6.02. The van der Waals surface area contributed by atoms with E-state index in [0.29, 0.717) is 5.41 Å². The molecular formula is C20H31ClIN3O. The number of ether oxygens (including phenoxy) is 1. The van der Waals surface area contributed by atoms with Gasteiger partial charge < -0.3 is 15.0 Å². The number of nitrogens with one attached hydrogen (secondary N) is 1. The smallest absolute Gasteiger partial charge is 0.193 e. The van der Waals surface area contributed by atoms with Gasteiger partial charge in [-0.25, -0.2) is 0 Å². The van der Waals surface area contributed by atoms with Crippen LogP contribution in [-0.4, -0.2) is 50.3 Å². The Kier molecular flexibility index (Phi) is 7.62. The van der Waals surface area contributed by atoms with E-state index in [-0.39, 0.29) is 29.4 Å². The summed E-state index contributed by atoms with van der Waals surface area (Å²) in [6.07, 6.45) is 2.39. The number of nitrogens with zero attached hydrogens (tertiary/aromatic N) is 2. The van der Waals surface area contributed by atoms with Gasteiger partial charge in [0.05, 0.1) is 13.2 Å². The van der Waals surface area contributed by atoms with Gasteiger partial charge in [0.15, 0.2) is 5.96 Å². The summed E-state index contributed by atoms with van der Waals surface area (Å²) in [6.45, 7) is 12.2. The fourth-order valence-corrected chi connectivity index (χ4v) is 3.90. The lowest BCUT2D eigenvalue weighted by molar-refractivity contribution is 0.156. The molecular weight excluding hydrogens is 461 g/mol. The molecule has 146 valence electrons. The van der Waals surface area contributed by atoms with Crippen LogP contribution in [0.2, 0.25) is 5.02 Å². The molecule has 1 atom stereocenters. The second kappa shape index (κ2) is 9.11. The van der Waals surface area contributed by atoms with Gasteiger partial charge in [-0.15, -0.1) is 24.0 Å². The Morgan fingerprint density at radius 1 is 1.31 bits per heavy atom. The van der Waals surface area contributed by atoms with E-state index in [0.717, 1.165) is 50.4 Å². The first-order valence-corrected chi connectivity index (χ1v) is 9.69. The first kappa shape index (κ1) is 21.8. The van der Waals surface area contributed by atoms with Crippen LogP contribution in [0.3, 0.4) is 0 Å². The quantitative estimate of drug-likeness (QED) is 0.387. The third kappa shape index (κ3) is 5.04. The monoisotopic (exact) mass is 491 g/mol. The molecule has 26 heavy (non-hydrogen) atoms. The van der Waals surface area contributed by atoms with Crippen molar-refractivity contribution >= 4 is 41.5 Å². The molecule has 1 aromatic carbocycles. The molecule has 1 spiro atoms. The number of hydrogen-bond acceptors (Lipinski definition) is 2. The van der Waals surface area contributed by atoms with Gasteiger partial charge in [0.2, 0.25) is 0 Å². The first-order chi connectivity index (χ1) is 11.9. The minimum Gasteiger partial charge on any atom is -0.381 e. The molecule has 0 bridgehead atoms. The van der Waals surface area contributed by atoms with Crippen molar-refractivity contribution in [2.45, 2.75) is 39.0 Å². The molecule has 1 N–H and O–H groups in total. The molecule has 1 unspecified atom stereocenters. The predicted molar refractivity (Wildman–Crippen MR) is 120 cm³/mol. The summed E-state index contributed by atoms with van der Waals surface area (Å²) in [5, 5.41) is 4.25. The van der Waals surface area contributed by atoms with E-state index in [9.17, 15) is 0 Å². The number of likely N-dealkylation sites (tertiary alicyclic amines) is 1. The lowest BCUT2D eigenvalue weighted by atomic mass is 9.85. The van der Waals surface area contributed by atoms with Gasteiger partial charge in [0, 0.05) is 42.1 Å². The highest BCUT2D eigenvalue weighted by Gasteiger charge is 2.42. The Hall–Kier alpha value is -0.530. The highest BCUT2D eigenvalue weighted by Crippen LogP contribution is 2.38. The minimum absolute atomic E-state index is 0. The van der Waals surface area contributed by atoms with Crippen LogP contribution in [0.25, 0.3) is 0 Å². The van der Waals surface area contributed by atoms with Crippen LogP contribution in [0.4, 0.5) is 0 Å². The Morgan fingerprint density at radius 2 is 2.04 bits per heavy atom. The normalized spacial score (nSPS) is 23.4. The molecule has 6 heteroatoms. The second-order valence-electron chi connectivity index (χ2n) is 8.04. The minimum atomic E-state index is -0.0286. The molecule has 0 aromatic heterocycles. The topological polar surface area (TPSA) is 36.9 Å². The summed E-state index contributed by atoms with van der Waals surface area (Å²) in [4.78, 5) is 7.39. The van der Waals surface area contributed by atoms with E-state index < -0.39 is 0 Å². The van der Waals surface area contributed by atoms with E-state index in [1.165, 1.54) is 18.4 Å². The van der Waals surface area contributed by atoms with Crippen molar-refractivity contribution < 1.29 is 4.74 Å². The zero-order valence-electron chi connectivity index (χ0n) is 16.1. The number of aliphatic imine (C=N–C) groups is 1. The number of hydrogen-bond donors (Lipinski definition) is 1. The largest absolute Gasteiger partial charge is 0.381 e. The third-order valence-corrected chi connectivity index (χ3v) is 5.76. The molecule has 0 saturated carbocycles. The highest BCUT2D eigenvalue weighted by molar-refractivity contribution is 14.0. The molecule has 1 aromatic rings. The maximum Gasteiger partial charge on any atom is 0.193 e. The Balaban J connectivity index is 0.00000243. The Labute approximate surface area is 179 Å². The van der Waals surface area contributed by atoms with Crippen LogP contribution in [-0.2, 0) is 10.2 Å². The van der Waals surface area contributed by atoms with Crippen molar-refractivity contribution in [3.8, 4) is 0 Å². The average molecular weight is 492 g/mol. The van der Waals surface area contributed by atoms with E-state index in [1.807, 2.05) is 12.1 Å². The molecule has 3 rings (SSSR count). The zero-order valence-corrected chi connectivity index (χ0v) is 19.1. The van der Waals surface area contributed by atoms with Crippen molar-refractivity contribution in [3.63, 3.8) is 0 Å². The average Bonchev–Trinajstić information content (AvgIpc) is 3.22. The van der Waals surface area contributed by atoms with Gasteiger partial charge in [-0.2, -0.15) is 0 Å². The van der Waals surface area contributed by atoms with Crippen molar-refractivity contribution in [2.24, 2.45) is 10.4 Å². The first-order valence-electron chi connectivity index (χ1n) is 9.31. The lowest BCUT2D eigenvalue weighted by Gasteiger charge is -2.27. The Bertz CT molecular complexity index is 612. The summed E-state index contributed by atoms with van der Waals surface area (Å²) >= 11 is 6.02. The van der Waals surface area contributed by atoms with Crippen molar-refractivity contribution in [1.29, 1.82) is 0 Å². The van der Waals surface area contributed by atoms with Crippen LogP contribution >= 0.6 is 35.6 Å². The lowest BCUT2D eigenvalue weighted by Crippen LogP contribution is -2.42. The van der Waals surface area contributed by atoms with Crippen LogP contribution in [0.1, 0.15) is 39.2 Å². The summed E-state index contributed by atoms with van der Waals surface area (Å²) in [5.41, 5.74) is 1.58. The molecule has 2 heterocycles. The highest BCUT2D eigenvalue weighted by atomic mass is 127. The number of halogens is 2. The summed E-state index contributed by atoms with van der Waals surface area (Å²) < 4.78 is 5.65. The summed E-state index contributed by atoms with van der Waals surface area (Å²) in [6, 6.07) is 8.12. The van der Waals surface area contributed by atoms with Gasteiger partial charge >= 0.3 is 0 Å². The van der Waals surface area contributed by atoms with Gasteiger partial charge in [0.1, 0.15) is 0 Å². The molecule has 4 nitrogen and oxygen atoms in total. The van der Waals surface area contributed by atoms with E-state index >= 15 is 0 Å². The van der Waals surface area contributed by atoms with Gasteiger partial charge in [-0.05, 0) is 37.5 Å². The van der Waals surface area contributed by atoms with Crippen molar-refractivity contribution in [3.05, 3.63) is 34.9 Å². The van der Waals surface area contributed by atoms with Crippen LogP contribution in [0.5, 0.6) is 0 Å². The summed E-state index contributed by atoms with van der Waals surface area (Å²) in [5.74, 6) is 1.04. The van der Waals surface area contributed by atoms with E-state index in [2.05, 4.69) is 43.1 Å². The van der Waals surface area contributed by atoms with Gasteiger partial charge in [-0.3, -0.25) is 4.99 Å². The molecule has 0 radical (unpaired) electrons. The zero-order chi connectivity index (χ0) is 17.9. The number of guanidine groups is 1. The molecule has 2 aliphatic heterocycles. The van der Waals surface area contributed by atoms with Crippen LogP contribution in [0.15, 0.2) is 29.3 Å². The number of rotatable bonds is 4. The van der Waals surface area contributed by atoms with Crippen LogP contribution in [0, 0.1) is 5.41 Å². The SMILES string of the molecule is CCNC(=NCC(C)(C)c1ccc(Cl)cc1)N1CCC2(CCOC2)C1.I.